The lowest BCUT2D eigenvalue weighted by atomic mass is 10.1. The van der Waals surface area contributed by atoms with Crippen LogP contribution in [-0.4, -0.2) is 63.1 Å². The van der Waals surface area contributed by atoms with Crippen molar-refractivity contribution < 1.29 is 18.0 Å². The molecule has 7 nitrogen and oxygen atoms in total. The molecule has 1 unspecified atom stereocenters. The van der Waals surface area contributed by atoms with Crippen LogP contribution < -0.4 is 9.80 Å². The van der Waals surface area contributed by atoms with Crippen molar-refractivity contribution in [2.45, 2.75) is 51.0 Å². The number of carbonyl (C=O) groups excluding carboxylic acids is 2. The van der Waals surface area contributed by atoms with Crippen molar-refractivity contribution in [3.05, 3.63) is 52.5 Å². The van der Waals surface area contributed by atoms with Gasteiger partial charge in [-0.1, -0.05) is 24.6 Å². The number of carbonyl (C=O) groups is 2. The molecule has 9 heteroatoms. The van der Waals surface area contributed by atoms with E-state index in [2.05, 4.69) is 4.90 Å². The summed E-state index contributed by atoms with van der Waals surface area (Å²) in [4.78, 5) is 31.0. The number of hydrogen-bond donors (Lipinski definition) is 0. The van der Waals surface area contributed by atoms with E-state index in [1.807, 2.05) is 39.0 Å². The maximum atomic E-state index is 13.0. The van der Waals surface area contributed by atoms with E-state index >= 15 is 0 Å². The molecule has 35 heavy (non-hydrogen) atoms. The van der Waals surface area contributed by atoms with Crippen molar-refractivity contribution in [1.82, 2.24) is 4.90 Å². The van der Waals surface area contributed by atoms with Crippen molar-refractivity contribution in [2.24, 2.45) is 0 Å². The number of hydrogen-bond acceptors (Lipinski definition) is 5. The normalized spacial score (nSPS) is 18.1. The second-order valence-electron chi connectivity index (χ2n) is 9.33. The molecule has 188 valence electrons. The van der Waals surface area contributed by atoms with E-state index in [0.717, 1.165) is 22.5 Å². The van der Waals surface area contributed by atoms with Crippen molar-refractivity contribution >= 4 is 44.6 Å². The molecular weight excluding hydrogens is 486 g/mol. The molecule has 0 saturated carbocycles. The van der Waals surface area contributed by atoms with Gasteiger partial charge in [-0.25, -0.2) is 8.42 Å². The van der Waals surface area contributed by atoms with Crippen LogP contribution in [0.2, 0.25) is 5.02 Å². The minimum absolute atomic E-state index is 0.00588. The van der Waals surface area contributed by atoms with E-state index in [4.69, 9.17) is 11.6 Å². The van der Waals surface area contributed by atoms with Crippen molar-refractivity contribution in [1.29, 1.82) is 0 Å². The van der Waals surface area contributed by atoms with E-state index in [0.29, 0.717) is 44.0 Å². The van der Waals surface area contributed by atoms with E-state index < -0.39 is 9.84 Å². The van der Waals surface area contributed by atoms with E-state index in [1.54, 1.807) is 28.0 Å². The summed E-state index contributed by atoms with van der Waals surface area (Å²) in [6.45, 7) is 8.26. The van der Waals surface area contributed by atoms with Crippen molar-refractivity contribution in [3.8, 4) is 0 Å². The van der Waals surface area contributed by atoms with Crippen LogP contribution in [0.15, 0.2) is 41.3 Å². The average molecular weight is 518 g/mol. The Hall–Kier alpha value is -2.58. The van der Waals surface area contributed by atoms with Gasteiger partial charge in [-0.3, -0.25) is 9.59 Å². The van der Waals surface area contributed by atoms with Crippen LogP contribution in [0, 0.1) is 6.92 Å². The molecule has 2 amide bonds. The maximum absolute atomic E-state index is 13.0. The smallest absolute Gasteiger partial charge is 0.226 e. The number of benzene rings is 2. The van der Waals surface area contributed by atoms with Gasteiger partial charge in [0.1, 0.15) is 0 Å². The molecule has 1 atom stereocenters. The third-order valence-corrected chi connectivity index (χ3v) is 8.87. The first kappa shape index (κ1) is 25.5. The van der Waals surface area contributed by atoms with Gasteiger partial charge in [0.25, 0.3) is 0 Å². The van der Waals surface area contributed by atoms with Gasteiger partial charge >= 0.3 is 0 Å². The molecule has 0 spiro atoms. The van der Waals surface area contributed by atoms with Gasteiger partial charge < -0.3 is 14.7 Å². The summed E-state index contributed by atoms with van der Waals surface area (Å²) < 4.78 is 26.0. The Kier molecular flexibility index (Phi) is 7.43. The first-order valence-corrected chi connectivity index (χ1v) is 14.1. The van der Waals surface area contributed by atoms with E-state index in [1.165, 1.54) is 0 Å². The molecule has 0 N–H and O–H groups in total. The Morgan fingerprint density at radius 1 is 1.00 bits per heavy atom. The largest absolute Gasteiger partial charge is 0.368 e. The lowest BCUT2D eigenvalue weighted by molar-refractivity contribution is -0.131. The number of halogens is 1. The Morgan fingerprint density at radius 3 is 2.40 bits per heavy atom. The minimum Gasteiger partial charge on any atom is -0.368 e. The standard InChI is InChI=1S/C26H32ClN3O4S/c1-4-25(31)30-19(3)15-20-16-22(7-8-23(20)30)35(33,34)14-9-26(32)29-12-10-28(11-13-29)24-17-21(27)6-5-18(24)2/h5-8,16-17,19H,4,9-15H2,1-3H3. The number of sulfone groups is 1. The fourth-order valence-electron chi connectivity index (χ4n) is 4.97. The summed E-state index contributed by atoms with van der Waals surface area (Å²) in [7, 11) is -3.62. The van der Waals surface area contributed by atoms with Crippen LogP contribution in [0.25, 0.3) is 0 Å². The van der Waals surface area contributed by atoms with Crippen LogP contribution in [0.5, 0.6) is 0 Å². The number of amides is 2. The zero-order valence-corrected chi connectivity index (χ0v) is 22.0. The molecule has 2 aromatic rings. The Morgan fingerprint density at radius 2 is 1.71 bits per heavy atom. The third kappa shape index (κ3) is 5.33. The molecule has 2 heterocycles. The number of anilines is 2. The second kappa shape index (κ2) is 10.2. The molecule has 0 aromatic heterocycles. The van der Waals surface area contributed by atoms with Crippen LogP contribution in [-0.2, 0) is 25.8 Å². The van der Waals surface area contributed by atoms with Gasteiger partial charge in [0.15, 0.2) is 9.84 Å². The first-order valence-electron chi connectivity index (χ1n) is 12.1. The number of piperazine rings is 1. The molecule has 2 aliphatic rings. The van der Waals surface area contributed by atoms with Crippen molar-refractivity contribution in [2.75, 3.05) is 41.7 Å². The van der Waals surface area contributed by atoms with Crippen LogP contribution in [0.1, 0.15) is 37.8 Å². The highest BCUT2D eigenvalue weighted by Gasteiger charge is 2.31. The summed E-state index contributed by atoms with van der Waals surface area (Å²) in [6.07, 6.45) is 0.977. The molecule has 0 aliphatic carbocycles. The maximum Gasteiger partial charge on any atom is 0.226 e. The monoisotopic (exact) mass is 517 g/mol. The molecular formula is C26H32ClN3O4S. The highest BCUT2D eigenvalue weighted by molar-refractivity contribution is 7.91. The second-order valence-corrected chi connectivity index (χ2v) is 11.9. The van der Waals surface area contributed by atoms with Gasteiger partial charge in [0.05, 0.1) is 10.6 Å². The van der Waals surface area contributed by atoms with E-state index in [-0.39, 0.29) is 34.9 Å². The van der Waals surface area contributed by atoms with Crippen molar-refractivity contribution in [3.63, 3.8) is 0 Å². The van der Waals surface area contributed by atoms with Gasteiger partial charge in [0, 0.05) is 61.5 Å². The fraction of sp³-hybridized carbons (Fsp3) is 0.462. The zero-order chi connectivity index (χ0) is 25.3. The first-order chi connectivity index (χ1) is 16.6. The predicted octanol–water partition coefficient (Wildman–Crippen LogP) is 3.85. The predicted molar refractivity (Wildman–Crippen MR) is 139 cm³/mol. The van der Waals surface area contributed by atoms with Crippen LogP contribution >= 0.6 is 11.6 Å². The van der Waals surface area contributed by atoms with Gasteiger partial charge in [-0.05, 0) is 61.7 Å². The summed E-state index contributed by atoms with van der Waals surface area (Å²) >= 11 is 6.15. The average Bonchev–Trinajstić information content (AvgIpc) is 3.18. The molecule has 1 fully saturated rings. The zero-order valence-electron chi connectivity index (χ0n) is 20.5. The highest BCUT2D eigenvalue weighted by Crippen LogP contribution is 2.34. The molecule has 1 saturated heterocycles. The van der Waals surface area contributed by atoms with Crippen LogP contribution in [0.3, 0.4) is 0 Å². The Balaban J connectivity index is 1.36. The Labute approximate surface area is 212 Å². The lowest BCUT2D eigenvalue weighted by Crippen LogP contribution is -2.49. The molecule has 4 rings (SSSR count). The molecule has 0 radical (unpaired) electrons. The SMILES string of the molecule is CCC(=O)N1c2ccc(S(=O)(=O)CCC(=O)N3CCN(c4cc(Cl)ccc4C)CC3)cc2CC1C. The molecule has 2 aliphatic heterocycles. The number of aryl methyl sites for hydroxylation is 1. The summed E-state index contributed by atoms with van der Waals surface area (Å²) in [5, 5.41) is 0.681. The summed E-state index contributed by atoms with van der Waals surface area (Å²) in [5.74, 6) is -0.348. The van der Waals surface area contributed by atoms with Gasteiger partial charge in [-0.2, -0.15) is 0 Å². The van der Waals surface area contributed by atoms with Crippen LogP contribution in [0.4, 0.5) is 11.4 Å². The molecule has 2 aromatic carbocycles. The fourth-order valence-corrected chi connectivity index (χ4v) is 6.41. The Bertz CT molecular complexity index is 1240. The quantitative estimate of drug-likeness (QED) is 0.581. The molecule has 0 bridgehead atoms. The van der Waals surface area contributed by atoms with E-state index in [9.17, 15) is 18.0 Å². The highest BCUT2D eigenvalue weighted by atomic mass is 35.5. The van der Waals surface area contributed by atoms with Gasteiger partial charge in [0.2, 0.25) is 11.8 Å². The van der Waals surface area contributed by atoms with Gasteiger partial charge in [-0.15, -0.1) is 0 Å². The third-order valence-electron chi connectivity index (χ3n) is 6.93. The summed E-state index contributed by atoms with van der Waals surface area (Å²) in [6, 6.07) is 10.7. The number of fused-ring (bicyclic) bond motifs is 1. The topological polar surface area (TPSA) is 78.0 Å². The minimum atomic E-state index is -3.62. The lowest BCUT2D eigenvalue weighted by Gasteiger charge is -2.37. The number of nitrogens with zero attached hydrogens (tertiary/aromatic N) is 3. The summed E-state index contributed by atoms with van der Waals surface area (Å²) in [5.41, 5.74) is 3.84. The number of rotatable bonds is 6.